The van der Waals surface area contributed by atoms with E-state index in [1.54, 1.807) is 0 Å². The van der Waals surface area contributed by atoms with Gasteiger partial charge in [-0.05, 0) is 27.4 Å². The van der Waals surface area contributed by atoms with E-state index in [2.05, 4.69) is 11.8 Å². The second kappa shape index (κ2) is 7.65. The molecule has 0 radical (unpaired) electrons. The van der Waals surface area contributed by atoms with Gasteiger partial charge in [-0.1, -0.05) is 6.92 Å². The molecule has 0 aliphatic rings. The van der Waals surface area contributed by atoms with Crippen molar-refractivity contribution in [1.29, 1.82) is 0 Å². The summed E-state index contributed by atoms with van der Waals surface area (Å²) in [5, 5.41) is 0. The highest BCUT2D eigenvalue weighted by molar-refractivity contribution is 5.76. The molecule has 0 aliphatic heterocycles. The third-order valence-electron chi connectivity index (χ3n) is 2.16. The molecule has 0 aromatic carbocycles. The maximum atomic E-state index is 11.8. The summed E-state index contributed by atoms with van der Waals surface area (Å²) in [6.07, 6.45) is 1.45. The lowest BCUT2D eigenvalue weighted by Gasteiger charge is -2.24. The Balaban J connectivity index is 4.06. The van der Waals surface area contributed by atoms with Crippen molar-refractivity contribution >= 4 is 5.91 Å². The molecule has 0 saturated heterocycles. The summed E-state index contributed by atoms with van der Waals surface area (Å²) in [7, 11) is 4.03. The van der Waals surface area contributed by atoms with Gasteiger partial charge in [0.15, 0.2) is 0 Å². The van der Waals surface area contributed by atoms with Crippen molar-refractivity contribution in [3.63, 3.8) is 0 Å². The van der Waals surface area contributed by atoms with Crippen molar-refractivity contribution in [1.82, 2.24) is 9.80 Å². The van der Waals surface area contributed by atoms with Crippen molar-refractivity contribution in [2.24, 2.45) is 5.73 Å². The number of hydrogen-bond acceptors (Lipinski definition) is 3. The molecule has 0 aliphatic carbocycles. The van der Waals surface area contributed by atoms with E-state index < -0.39 is 0 Å². The van der Waals surface area contributed by atoms with Crippen LogP contribution in [0, 0.1) is 0 Å². The molecule has 0 rings (SSSR count). The monoisotopic (exact) mass is 215 g/mol. The van der Waals surface area contributed by atoms with Crippen molar-refractivity contribution in [2.75, 3.05) is 33.7 Å². The maximum Gasteiger partial charge on any atom is 0.224 e. The van der Waals surface area contributed by atoms with Crippen LogP contribution in [-0.4, -0.2) is 55.5 Å². The van der Waals surface area contributed by atoms with Gasteiger partial charge >= 0.3 is 0 Å². The zero-order valence-corrected chi connectivity index (χ0v) is 10.5. The molecule has 4 nitrogen and oxygen atoms in total. The van der Waals surface area contributed by atoms with Crippen molar-refractivity contribution in [3.05, 3.63) is 0 Å². The molecule has 90 valence electrons. The fourth-order valence-corrected chi connectivity index (χ4v) is 1.36. The van der Waals surface area contributed by atoms with Crippen LogP contribution in [0.3, 0.4) is 0 Å². The smallest absolute Gasteiger partial charge is 0.224 e. The predicted molar refractivity (Wildman–Crippen MR) is 63.7 cm³/mol. The number of rotatable bonds is 7. The van der Waals surface area contributed by atoms with Gasteiger partial charge in [0.25, 0.3) is 0 Å². The molecule has 15 heavy (non-hydrogen) atoms. The number of nitrogens with zero attached hydrogens (tertiary/aromatic N) is 2. The predicted octanol–water partition coefficient (Wildman–Crippen LogP) is 0.524. The maximum absolute atomic E-state index is 11.8. The van der Waals surface area contributed by atoms with Crippen LogP contribution in [0.15, 0.2) is 0 Å². The molecule has 2 N–H and O–H groups in total. The Labute approximate surface area is 93.4 Å². The summed E-state index contributed by atoms with van der Waals surface area (Å²) in [5.41, 5.74) is 5.63. The second-order valence-corrected chi connectivity index (χ2v) is 4.37. The lowest BCUT2D eigenvalue weighted by Crippen LogP contribution is -2.39. The summed E-state index contributed by atoms with van der Waals surface area (Å²) >= 11 is 0. The molecule has 0 spiro atoms. The molecule has 4 heteroatoms. The van der Waals surface area contributed by atoms with Crippen LogP contribution in [0.1, 0.15) is 26.7 Å². The first kappa shape index (κ1) is 14.4. The standard InChI is InChI=1S/C11H25N3O/c1-5-6-14(8-7-13(3)4)11(15)9-10(2)12/h10H,5-9,12H2,1-4H3. The number of likely N-dealkylation sites (N-methyl/N-ethyl adjacent to an activating group) is 1. The molecule has 0 fully saturated rings. The first-order valence-corrected chi connectivity index (χ1v) is 5.65. The van der Waals surface area contributed by atoms with Gasteiger partial charge in [0, 0.05) is 32.1 Å². The number of carbonyl (C=O) groups is 1. The molecule has 0 aromatic heterocycles. The second-order valence-electron chi connectivity index (χ2n) is 4.37. The first-order valence-electron chi connectivity index (χ1n) is 5.65. The molecule has 1 atom stereocenters. The fraction of sp³-hybridized carbons (Fsp3) is 0.909. The Morgan fingerprint density at radius 1 is 1.27 bits per heavy atom. The van der Waals surface area contributed by atoms with E-state index in [4.69, 9.17) is 5.73 Å². The van der Waals surface area contributed by atoms with Gasteiger partial charge < -0.3 is 15.5 Å². The first-order chi connectivity index (χ1) is 6.97. The van der Waals surface area contributed by atoms with Crippen LogP contribution in [0.25, 0.3) is 0 Å². The van der Waals surface area contributed by atoms with Gasteiger partial charge in [-0.3, -0.25) is 4.79 Å². The third-order valence-corrected chi connectivity index (χ3v) is 2.16. The van der Waals surface area contributed by atoms with Gasteiger partial charge in [-0.2, -0.15) is 0 Å². The summed E-state index contributed by atoms with van der Waals surface area (Å²) < 4.78 is 0. The van der Waals surface area contributed by atoms with Gasteiger partial charge in [-0.15, -0.1) is 0 Å². The summed E-state index contributed by atoms with van der Waals surface area (Å²) in [5.74, 6) is 0.175. The van der Waals surface area contributed by atoms with E-state index in [-0.39, 0.29) is 11.9 Å². The Bertz CT molecular complexity index is 181. The quantitative estimate of drug-likeness (QED) is 0.674. The summed E-state index contributed by atoms with van der Waals surface area (Å²) in [4.78, 5) is 15.8. The summed E-state index contributed by atoms with van der Waals surface area (Å²) in [6.45, 7) is 6.49. The summed E-state index contributed by atoms with van der Waals surface area (Å²) in [6, 6.07) is -0.0452. The van der Waals surface area contributed by atoms with Gasteiger partial charge in [-0.25, -0.2) is 0 Å². The highest BCUT2D eigenvalue weighted by atomic mass is 16.2. The average Bonchev–Trinajstić information content (AvgIpc) is 2.10. The molecular formula is C11H25N3O. The van der Waals surface area contributed by atoms with E-state index in [1.807, 2.05) is 25.9 Å². The Morgan fingerprint density at radius 2 is 1.87 bits per heavy atom. The lowest BCUT2D eigenvalue weighted by atomic mass is 10.2. The molecule has 1 amide bonds. The third kappa shape index (κ3) is 7.33. The van der Waals surface area contributed by atoms with Crippen LogP contribution < -0.4 is 5.73 Å². The number of hydrogen-bond donors (Lipinski definition) is 1. The SMILES string of the molecule is CCCN(CCN(C)C)C(=O)CC(C)N. The normalized spacial score (nSPS) is 12.9. The van der Waals surface area contributed by atoms with Crippen LogP contribution >= 0.6 is 0 Å². The topological polar surface area (TPSA) is 49.6 Å². The van der Waals surface area contributed by atoms with Crippen molar-refractivity contribution in [2.45, 2.75) is 32.7 Å². The average molecular weight is 215 g/mol. The molecule has 0 saturated carbocycles. The zero-order valence-electron chi connectivity index (χ0n) is 10.5. The highest BCUT2D eigenvalue weighted by Crippen LogP contribution is 1.99. The van der Waals surface area contributed by atoms with E-state index in [1.165, 1.54) is 0 Å². The Hall–Kier alpha value is -0.610. The minimum Gasteiger partial charge on any atom is -0.341 e. The van der Waals surface area contributed by atoms with E-state index in [0.717, 1.165) is 26.1 Å². The molecule has 0 bridgehead atoms. The number of carbonyl (C=O) groups excluding carboxylic acids is 1. The number of amides is 1. The Kier molecular flexibility index (Phi) is 7.34. The van der Waals surface area contributed by atoms with Gasteiger partial charge in [0.1, 0.15) is 0 Å². The van der Waals surface area contributed by atoms with Crippen LogP contribution in [0.5, 0.6) is 0 Å². The zero-order chi connectivity index (χ0) is 11.8. The van der Waals surface area contributed by atoms with E-state index >= 15 is 0 Å². The van der Waals surface area contributed by atoms with Crippen molar-refractivity contribution < 1.29 is 4.79 Å². The van der Waals surface area contributed by atoms with Crippen LogP contribution in [-0.2, 0) is 4.79 Å². The largest absolute Gasteiger partial charge is 0.341 e. The van der Waals surface area contributed by atoms with E-state index in [9.17, 15) is 4.79 Å². The van der Waals surface area contributed by atoms with Crippen molar-refractivity contribution in [3.8, 4) is 0 Å². The van der Waals surface area contributed by atoms with Gasteiger partial charge in [0.05, 0.1) is 0 Å². The number of nitrogens with two attached hydrogens (primary N) is 1. The van der Waals surface area contributed by atoms with E-state index in [0.29, 0.717) is 6.42 Å². The molecule has 1 unspecified atom stereocenters. The van der Waals surface area contributed by atoms with Gasteiger partial charge in [0.2, 0.25) is 5.91 Å². The Morgan fingerprint density at radius 3 is 2.27 bits per heavy atom. The molecule has 0 aromatic rings. The van der Waals surface area contributed by atoms with Crippen LogP contribution in [0.4, 0.5) is 0 Å². The fourth-order valence-electron chi connectivity index (χ4n) is 1.36. The minimum atomic E-state index is -0.0452. The van der Waals surface area contributed by atoms with Crippen LogP contribution in [0.2, 0.25) is 0 Å². The minimum absolute atomic E-state index is 0.0452. The molecular weight excluding hydrogens is 190 g/mol. The molecule has 0 heterocycles. The highest BCUT2D eigenvalue weighted by Gasteiger charge is 2.13. The lowest BCUT2D eigenvalue weighted by molar-refractivity contribution is -0.131.